The molecule has 4 heteroatoms. The van der Waals surface area contributed by atoms with Crippen LogP contribution in [-0.2, 0) is 17.9 Å². The molecule has 1 rings (SSSR count). The van der Waals surface area contributed by atoms with E-state index in [1.54, 1.807) is 11.3 Å². The molecule has 10 heavy (non-hydrogen) atoms. The summed E-state index contributed by atoms with van der Waals surface area (Å²) in [6, 6.07) is 0. The standard InChI is InChI=1S/C6H10N2OS/c1-2-6-8-5(3-9-7)4-10-6/h4H,2-3,7H2,1H3. The predicted octanol–water partition coefficient (Wildman–Crippen LogP) is 1.10. The van der Waals surface area contributed by atoms with Gasteiger partial charge in [-0.25, -0.2) is 10.9 Å². The zero-order valence-corrected chi connectivity index (χ0v) is 6.65. The van der Waals surface area contributed by atoms with Gasteiger partial charge in [0.15, 0.2) is 0 Å². The molecule has 0 aliphatic heterocycles. The fourth-order valence-corrected chi connectivity index (χ4v) is 1.39. The summed E-state index contributed by atoms with van der Waals surface area (Å²) in [6.07, 6.45) is 0.981. The van der Waals surface area contributed by atoms with E-state index in [1.165, 1.54) is 0 Å². The Kier molecular flexibility index (Phi) is 2.80. The minimum Gasteiger partial charge on any atom is -0.298 e. The third kappa shape index (κ3) is 1.76. The van der Waals surface area contributed by atoms with E-state index in [1.807, 2.05) is 5.38 Å². The summed E-state index contributed by atoms with van der Waals surface area (Å²) < 4.78 is 0. The van der Waals surface area contributed by atoms with Crippen molar-refractivity contribution in [2.75, 3.05) is 0 Å². The molecule has 0 aliphatic carbocycles. The molecular formula is C6H10N2OS. The lowest BCUT2D eigenvalue weighted by molar-refractivity contribution is 0.121. The van der Waals surface area contributed by atoms with Crippen molar-refractivity contribution < 1.29 is 4.84 Å². The van der Waals surface area contributed by atoms with Crippen LogP contribution < -0.4 is 5.90 Å². The monoisotopic (exact) mass is 158 g/mol. The maximum Gasteiger partial charge on any atom is 0.111 e. The molecule has 0 amide bonds. The first-order chi connectivity index (χ1) is 4.86. The molecule has 0 spiro atoms. The Morgan fingerprint density at radius 1 is 1.80 bits per heavy atom. The molecule has 0 aliphatic rings. The van der Waals surface area contributed by atoms with Gasteiger partial charge in [0.25, 0.3) is 0 Å². The first kappa shape index (κ1) is 7.65. The van der Waals surface area contributed by atoms with Gasteiger partial charge in [-0.1, -0.05) is 6.92 Å². The molecule has 56 valence electrons. The molecule has 2 N–H and O–H groups in total. The van der Waals surface area contributed by atoms with Crippen molar-refractivity contribution in [2.24, 2.45) is 5.90 Å². The lowest BCUT2D eigenvalue weighted by atomic mass is 10.5. The molecule has 1 aromatic heterocycles. The highest BCUT2D eigenvalue weighted by molar-refractivity contribution is 7.09. The van der Waals surface area contributed by atoms with E-state index in [0.717, 1.165) is 17.1 Å². The summed E-state index contributed by atoms with van der Waals surface area (Å²) in [6.45, 7) is 2.49. The second-order valence-corrected chi connectivity index (χ2v) is 2.84. The van der Waals surface area contributed by atoms with Crippen LogP contribution in [0.25, 0.3) is 0 Å². The average molecular weight is 158 g/mol. The average Bonchev–Trinajstić information content (AvgIpc) is 2.37. The van der Waals surface area contributed by atoms with Crippen molar-refractivity contribution in [3.63, 3.8) is 0 Å². The van der Waals surface area contributed by atoms with E-state index in [2.05, 4.69) is 16.7 Å². The Balaban J connectivity index is 2.59. The number of nitrogens with two attached hydrogens (primary N) is 1. The molecular weight excluding hydrogens is 148 g/mol. The fraction of sp³-hybridized carbons (Fsp3) is 0.500. The number of hydrogen-bond donors (Lipinski definition) is 1. The number of nitrogens with zero attached hydrogens (tertiary/aromatic N) is 1. The highest BCUT2D eigenvalue weighted by Crippen LogP contribution is 2.09. The van der Waals surface area contributed by atoms with Crippen molar-refractivity contribution in [1.82, 2.24) is 4.98 Å². The van der Waals surface area contributed by atoms with Crippen molar-refractivity contribution >= 4 is 11.3 Å². The molecule has 0 atom stereocenters. The number of thiazole rings is 1. The summed E-state index contributed by atoms with van der Waals surface area (Å²) in [4.78, 5) is 8.66. The number of rotatable bonds is 3. The van der Waals surface area contributed by atoms with E-state index in [-0.39, 0.29) is 0 Å². The Hall–Kier alpha value is -0.450. The van der Waals surface area contributed by atoms with E-state index in [9.17, 15) is 0 Å². The second kappa shape index (κ2) is 3.65. The highest BCUT2D eigenvalue weighted by atomic mass is 32.1. The number of aryl methyl sites for hydroxylation is 1. The van der Waals surface area contributed by atoms with Crippen molar-refractivity contribution in [3.8, 4) is 0 Å². The lowest BCUT2D eigenvalue weighted by Gasteiger charge is -1.89. The van der Waals surface area contributed by atoms with Crippen LogP contribution in [-0.4, -0.2) is 4.98 Å². The van der Waals surface area contributed by atoms with Crippen molar-refractivity contribution in [3.05, 3.63) is 16.1 Å². The summed E-state index contributed by atoms with van der Waals surface area (Å²) in [5, 5.41) is 3.10. The molecule has 0 radical (unpaired) electrons. The van der Waals surface area contributed by atoms with E-state index in [4.69, 9.17) is 5.90 Å². The van der Waals surface area contributed by atoms with Gasteiger partial charge in [-0.05, 0) is 6.42 Å². The van der Waals surface area contributed by atoms with Gasteiger partial charge in [-0.15, -0.1) is 11.3 Å². The van der Waals surface area contributed by atoms with Crippen molar-refractivity contribution in [2.45, 2.75) is 20.0 Å². The van der Waals surface area contributed by atoms with Gasteiger partial charge in [0.1, 0.15) is 6.61 Å². The Labute approximate surface area is 63.8 Å². The van der Waals surface area contributed by atoms with Crippen molar-refractivity contribution in [1.29, 1.82) is 0 Å². The fourth-order valence-electron chi connectivity index (χ4n) is 0.663. The van der Waals surface area contributed by atoms with Gasteiger partial charge >= 0.3 is 0 Å². The quantitative estimate of drug-likeness (QED) is 0.670. The normalized spacial score (nSPS) is 10.2. The van der Waals surface area contributed by atoms with Gasteiger partial charge in [0, 0.05) is 5.38 Å². The van der Waals surface area contributed by atoms with Gasteiger partial charge < -0.3 is 0 Å². The molecule has 3 nitrogen and oxygen atoms in total. The van der Waals surface area contributed by atoms with E-state index < -0.39 is 0 Å². The maximum absolute atomic E-state index is 4.88. The summed E-state index contributed by atoms with van der Waals surface area (Å²) in [5.74, 6) is 4.88. The molecule has 0 bridgehead atoms. The molecule has 0 aromatic carbocycles. The number of aromatic nitrogens is 1. The maximum atomic E-state index is 4.88. The van der Waals surface area contributed by atoms with E-state index >= 15 is 0 Å². The van der Waals surface area contributed by atoms with Gasteiger partial charge in [-0.2, -0.15) is 0 Å². The van der Waals surface area contributed by atoms with Crippen LogP contribution in [0, 0.1) is 0 Å². The minimum atomic E-state index is 0.413. The van der Waals surface area contributed by atoms with Gasteiger partial charge in [0.2, 0.25) is 0 Å². The first-order valence-corrected chi connectivity index (χ1v) is 3.99. The topological polar surface area (TPSA) is 48.1 Å². The second-order valence-electron chi connectivity index (χ2n) is 1.90. The van der Waals surface area contributed by atoms with Crippen LogP contribution in [0.4, 0.5) is 0 Å². The van der Waals surface area contributed by atoms with Gasteiger partial charge in [0.05, 0.1) is 10.7 Å². The zero-order valence-electron chi connectivity index (χ0n) is 5.83. The van der Waals surface area contributed by atoms with Crippen LogP contribution >= 0.6 is 11.3 Å². The molecule has 1 heterocycles. The zero-order chi connectivity index (χ0) is 7.40. The number of hydrogen-bond acceptors (Lipinski definition) is 4. The third-order valence-electron chi connectivity index (χ3n) is 1.13. The smallest absolute Gasteiger partial charge is 0.111 e. The third-order valence-corrected chi connectivity index (χ3v) is 2.17. The molecule has 0 unspecified atom stereocenters. The van der Waals surface area contributed by atoms with Crippen LogP contribution in [0.3, 0.4) is 0 Å². The van der Waals surface area contributed by atoms with Gasteiger partial charge in [-0.3, -0.25) is 4.84 Å². The first-order valence-electron chi connectivity index (χ1n) is 3.11. The van der Waals surface area contributed by atoms with Crippen LogP contribution in [0.5, 0.6) is 0 Å². The van der Waals surface area contributed by atoms with Crippen LogP contribution in [0.15, 0.2) is 5.38 Å². The summed E-state index contributed by atoms with van der Waals surface area (Å²) in [5.41, 5.74) is 0.921. The minimum absolute atomic E-state index is 0.413. The van der Waals surface area contributed by atoms with Crippen LogP contribution in [0.2, 0.25) is 0 Å². The highest BCUT2D eigenvalue weighted by Gasteiger charge is 1.97. The predicted molar refractivity (Wildman–Crippen MR) is 40.5 cm³/mol. The molecule has 1 aromatic rings. The Bertz CT molecular complexity index is 199. The molecule has 0 saturated carbocycles. The largest absolute Gasteiger partial charge is 0.298 e. The Morgan fingerprint density at radius 3 is 3.10 bits per heavy atom. The Morgan fingerprint density at radius 2 is 2.60 bits per heavy atom. The molecule has 0 saturated heterocycles. The van der Waals surface area contributed by atoms with Crippen LogP contribution in [0.1, 0.15) is 17.6 Å². The lowest BCUT2D eigenvalue weighted by Crippen LogP contribution is -1.98. The SMILES string of the molecule is CCc1nc(CON)cs1. The summed E-state index contributed by atoms with van der Waals surface area (Å²) in [7, 11) is 0. The summed E-state index contributed by atoms with van der Waals surface area (Å²) >= 11 is 1.64. The van der Waals surface area contributed by atoms with E-state index in [0.29, 0.717) is 6.61 Å². The molecule has 0 fully saturated rings.